The van der Waals surface area contributed by atoms with Crippen LogP contribution in [0.1, 0.15) is 0 Å². The molecule has 1 atom stereocenters. The van der Waals surface area contributed by atoms with Crippen molar-refractivity contribution in [3.8, 4) is 0 Å². The predicted molar refractivity (Wildman–Crippen MR) is 42.8 cm³/mol. The molecule has 0 heterocycles. The maximum atomic E-state index is 11.2. The van der Waals surface area contributed by atoms with Crippen LogP contribution >= 0.6 is 8.03 Å². The molecule has 0 aliphatic carbocycles. The van der Waals surface area contributed by atoms with Gasteiger partial charge in [0.1, 0.15) is 0 Å². The van der Waals surface area contributed by atoms with Gasteiger partial charge in [-0.1, -0.05) is 4.57 Å². The molecule has 0 fully saturated rings. The molecule has 0 aliphatic rings. The Balaban J connectivity index is 0. The third kappa shape index (κ3) is 5.39. The summed E-state index contributed by atoms with van der Waals surface area (Å²) in [5, 5.41) is 0. The maximum Gasteiger partial charge on any atom is 1.00 e. The molecule has 0 aromatic heterocycles. The first-order valence-corrected chi connectivity index (χ1v) is 5.80. The van der Waals surface area contributed by atoms with Crippen LogP contribution in [0.3, 0.4) is 0 Å². The Morgan fingerprint density at radius 3 is 1.92 bits per heavy atom. The normalized spacial score (nSPS) is 12.9. The third-order valence-corrected chi connectivity index (χ3v) is 3.86. The van der Waals surface area contributed by atoms with Gasteiger partial charge in [0.05, 0.1) is 0 Å². The van der Waals surface area contributed by atoms with Gasteiger partial charge in [0, 0.05) is 21.1 Å². The van der Waals surface area contributed by atoms with Crippen molar-refractivity contribution in [1.29, 1.82) is 0 Å². The molecule has 0 aromatic carbocycles. The first-order chi connectivity index (χ1) is 5.28. The van der Waals surface area contributed by atoms with E-state index < -0.39 is 24.5 Å². The summed E-state index contributed by atoms with van der Waals surface area (Å²) in [6.45, 7) is 0. The van der Waals surface area contributed by atoms with Gasteiger partial charge >= 0.3 is 37.6 Å². The second-order valence-electron chi connectivity index (χ2n) is 2.36. The molecule has 13 heavy (non-hydrogen) atoms. The van der Waals surface area contributed by atoms with E-state index in [9.17, 15) is 17.9 Å². The Hall–Kier alpha value is 0.930. The van der Waals surface area contributed by atoms with Crippen LogP contribution in [0, 0.1) is 0 Å². The van der Waals surface area contributed by atoms with Gasteiger partial charge < -0.3 is 4.89 Å². The minimum atomic E-state index is -3.59. The quantitative estimate of drug-likeness (QED) is 0.366. The smallest absolute Gasteiger partial charge is 0.594 e. The minimum absolute atomic E-state index is 0. The zero-order valence-corrected chi connectivity index (χ0v) is 11.8. The summed E-state index contributed by atoms with van der Waals surface area (Å²) in [5.41, 5.74) is 0. The van der Waals surface area contributed by atoms with Crippen molar-refractivity contribution in [2.45, 2.75) is 0 Å². The number of nitrogens with zero attached hydrogens (tertiary/aromatic N) is 2. The molecule has 72 valence electrons. The summed E-state index contributed by atoms with van der Waals surface area (Å²) >= 11 is 0. The molecule has 0 N–H and O–H groups in total. The molecule has 6 nitrogen and oxygen atoms in total. The van der Waals surface area contributed by atoms with Gasteiger partial charge in [-0.2, -0.15) is 12.7 Å². The van der Waals surface area contributed by atoms with Gasteiger partial charge in [-0.15, -0.1) is 4.31 Å². The largest absolute Gasteiger partial charge is 1.00 e. The van der Waals surface area contributed by atoms with Gasteiger partial charge in [-0.3, -0.25) is 0 Å². The molecule has 0 radical (unpaired) electrons. The third-order valence-electron chi connectivity index (χ3n) is 1.17. The fraction of sp³-hybridized carbons (Fsp3) is 1.00. The first-order valence-electron chi connectivity index (χ1n) is 3.04. The van der Waals surface area contributed by atoms with E-state index in [1.807, 2.05) is 0 Å². The molecular weight excluding hydrogens is 226 g/mol. The van der Waals surface area contributed by atoms with Crippen molar-refractivity contribution in [3.05, 3.63) is 0 Å². The van der Waals surface area contributed by atoms with Gasteiger partial charge in [-0.05, 0) is 0 Å². The molecule has 0 saturated carbocycles. The van der Waals surface area contributed by atoms with Crippen molar-refractivity contribution >= 4 is 18.2 Å². The van der Waals surface area contributed by atoms with E-state index in [0.717, 1.165) is 8.61 Å². The van der Waals surface area contributed by atoms with E-state index in [4.69, 9.17) is 0 Å². The van der Waals surface area contributed by atoms with E-state index in [1.54, 1.807) is 0 Å². The second-order valence-corrected chi connectivity index (χ2v) is 5.56. The molecular formula is C4H11N2NaO4PS+. The van der Waals surface area contributed by atoms with Crippen LogP contribution in [0.2, 0.25) is 0 Å². The molecule has 1 unspecified atom stereocenters. The summed E-state index contributed by atoms with van der Waals surface area (Å²) in [6, 6.07) is 0. The standard InChI is InChI=1S/C4H11N2O4PS.Na/c1-5(2)12(9,10)6(3)4-11(7)8;/h4H2,1-3H3;/q;+1. The molecule has 9 heteroatoms. The number of rotatable bonds is 4. The van der Waals surface area contributed by atoms with E-state index >= 15 is 0 Å². The monoisotopic (exact) mass is 237 g/mol. The summed E-state index contributed by atoms with van der Waals surface area (Å²) < 4.78 is 34.2. The minimum Gasteiger partial charge on any atom is -0.594 e. The van der Waals surface area contributed by atoms with Crippen molar-refractivity contribution < 1.29 is 47.4 Å². The molecule has 0 rings (SSSR count). The molecule has 0 spiro atoms. The van der Waals surface area contributed by atoms with Crippen molar-refractivity contribution in [2.75, 3.05) is 27.4 Å². The Bertz CT molecular complexity index is 267. The van der Waals surface area contributed by atoms with E-state index in [1.165, 1.54) is 21.1 Å². The zero-order valence-electron chi connectivity index (χ0n) is 8.09. The van der Waals surface area contributed by atoms with Gasteiger partial charge in [-0.25, -0.2) is 0 Å². The van der Waals surface area contributed by atoms with Crippen molar-refractivity contribution in [1.82, 2.24) is 8.61 Å². The maximum absolute atomic E-state index is 11.2. The van der Waals surface area contributed by atoms with Crippen molar-refractivity contribution in [2.24, 2.45) is 0 Å². The first kappa shape index (κ1) is 16.4. The summed E-state index contributed by atoms with van der Waals surface area (Å²) in [7, 11) is -2.42. The Morgan fingerprint density at radius 2 is 1.69 bits per heavy atom. The molecule has 0 aromatic rings. The van der Waals surface area contributed by atoms with Crippen molar-refractivity contribution in [3.63, 3.8) is 0 Å². The van der Waals surface area contributed by atoms with Crippen LogP contribution < -0.4 is 34.5 Å². The van der Waals surface area contributed by atoms with Gasteiger partial charge in [0.25, 0.3) is 10.2 Å². The number of hydrogen-bond acceptors (Lipinski definition) is 4. The second kappa shape index (κ2) is 6.42. The molecule has 0 amide bonds. The van der Waals surface area contributed by atoms with Crippen LogP contribution in [-0.4, -0.2) is 44.5 Å². The summed E-state index contributed by atoms with van der Waals surface area (Å²) in [5.74, 6) is 0. The Morgan fingerprint density at radius 1 is 1.31 bits per heavy atom. The molecule has 0 aliphatic heterocycles. The van der Waals surface area contributed by atoms with Crippen LogP contribution in [0.5, 0.6) is 0 Å². The summed E-state index contributed by atoms with van der Waals surface area (Å²) in [6.07, 6.45) is -0.490. The Labute approximate surface area is 101 Å². The number of hydrogen-bond donors (Lipinski definition) is 0. The van der Waals surface area contributed by atoms with Crippen LogP contribution in [0.25, 0.3) is 0 Å². The predicted octanol–water partition coefficient (Wildman–Crippen LogP) is -4.21. The Kier molecular flexibility index (Phi) is 8.08. The summed E-state index contributed by atoms with van der Waals surface area (Å²) in [4.78, 5) is 10.2. The average molecular weight is 237 g/mol. The topological polar surface area (TPSA) is 80.8 Å². The molecule has 0 saturated heterocycles. The van der Waals surface area contributed by atoms with Crippen LogP contribution in [-0.2, 0) is 14.8 Å². The zero-order chi connectivity index (χ0) is 9.94. The molecule has 0 bridgehead atoms. The van der Waals surface area contributed by atoms with E-state index in [0.29, 0.717) is 0 Å². The SMILES string of the molecule is CN(C)S(=O)(=O)N(C)C[P+](=O)[O-].[Na+]. The van der Waals surface area contributed by atoms with Crippen LogP contribution in [0.4, 0.5) is 0 Å². The van der Waals surface area contributed by atoms with Crippen LogP contribution in [0.15, 0.2) is 0 Å². The fourth-order valence-electron chi connectivity index (χ4n) is 0.514. The fourth-order valence-corrected chi connectivity index (χ4v) is 2.26. The van der Waals surface area contributed by atoms with Gasteiger partial charge in [0.15, 0.2) is 0 Å². The average Bonchev–Trinajstić information content (AvgIpc) is 1.85. The van der Waals surface area contributed by atoms with E-state index in [2.05, 4.69) is 0 Å². The van der Waals surface area contributed by atoms with E-state index in [-0.39, 0.29) is 29.6 Å². The van der Waals surface area contributed by atoms with Gasteiger partial charge in [0.2, 0.25) is 6.29 Å².